The number of hydrogen-bond acceptors (Lipinski definition) is 2. The molecule has 1 aliphatic heterocycles. The van der Waals surface area contributed by atoms with Crippen LogP contribution in [0.5, 0.6) is 0 Å². The quantitative estimate of drug-likeness (QED) is 0.831. The third kappa shape index (κ3) is 2.74. The predicted molar refractivity (Wildman–Crippen MR) is 89.3 cm³/mol. The summed E-state index contributed by atoms with van der Waals surface area (Å²) in [7, 11) is 0. The maximum atomic E-state index is 13.1. The van der Waals surface area contributed by atoms with Crippen LogP contribution in [-0.2, 0) is 16.9 Å². The molecule has 0 saturated carbocycles. The van der Waals surface area contributed by atoms with Crippen LogP contribution in [0.1, 0.15) is 18.1 Å². The predicted octanol–water partition coefficient (Wildman–Crippen LogP) is 4.10. The molecule has 1 N–H and O–H groups in total. The molecule has 0 aromatic heterocycles. The normalized spacial score (nSPS) is 20.4. The van der Waals surface area contributed by atoms with E-state index < -0.39 is 23.3 Å². The number of benzene rings is 2. The number of amides is 3. The zero-order valence-electron chi connectivity index (χ0n) is 12.6. The molecule has 4 nitrogen and oxygen atoms in total. The van der Waals surface area contributed by atoms with Gasteiger partial charge in [-0.1, -0.05) is 41.4 Å². The largest absolute Gasteiger partial charge is 0.325 e. The zero-order chi connectivity index (χ0) is 17.5. The number of carbonyl (C=O) groups excluding carboxylic acids is 2. The number of nitrogens with zero attached hydrogens (tertiary/aromatic N) is 1. The molecule has 0 radical (unpaired) electrons. The molecular weight excluding hydrogens is 354 g/mol. The van der Waals surface area contributed by atoms with E-state index in [1.165, 1.54) is 24.3 Å². The summed E-state index contributed by atoms with van der Waals surface area (Å²) in [5, 5.41) is 3.40. The highest BCUT2D eigenvalue weighted by Crippen LogP contribution is 2.32. The van der Waals surface area contributed by atoms with Gasteiger partial charge in [0, 0.05) is 15.6 Å². The van der Waals surface area contributed by atoms with Crippen LogP contribution in [0.2, 0.25) is 10.0 Å². The number of imide groups is 1. The van der Waals surface area contributed by atoms with Gasteiger partial charge in [0.05, 0.1) is 6.54 Å². The lowest BCUT2D eigenvalue weighted by molar-refractivity contribution is -0.131. The molecule has 3 amide bonds. The first-order valence-corrected chi connectivity index (χ1v) is 7.91. The number of hydrogen-bond donors (Lipinski definition) is 1. The minimum atomic E-state index is -1.27. The molecule has 0 spiro atoms. The number of halogens is 3. The van der Waals surface area contributed by atoms with E-state index in [4.69, 9.17) is 23.2 Å². The highest BCUT2D eigenvalue weighted by molar-refractivity contribution is 6.36. The van der Waals surface area contributed by atoms with E-state index in [0.29, 0.717) is 21.2 Å². The molecular formula is C17H13Cl2FN2O2. The van der Waals surface area contributed by atoms with Crippen LogP contribution >= 0.6 is 23.2 Å². The molecule has 1 aliphatic rings. The Morgan fingerprint density at radius 1 is 1.08 bits per heavy atom. The first-order chi connectivity index (χ1) is 11.3. The van der Waals surface area contributed by atoms with Gasteiger partial charge in [-0.15, -0.1) is 0 Å². The van der Waals surface area contributed by atoms with Gasteiger partial charge in [0.25, 0.3) is 5.91 Å². The van der Waals surface area contributed by atoms with Gasteiger partial charge in [0.15, 0.2) is 0 Å². The smallest absolute Gasteiger partial charge is 0.319 e. The van der Waals surface area contributed by atoms with Crippen molar-refractivity contribution in [3.8, 4) is 0 Å². The summed E-state index contributed by atoms with van der Waals surface area (Å²) in [6.45, 7) is 1.54. The standard InChI is InChI=1S/C17H13Cl2FN2O2/c1-17(10-5-7-11(20)8-6-10)15(23)22(16(24)21-17)9-12-13(18)3-2-4-14(12)19/h2-8H,9H2,1H3,(H,21,24). The topological polar surface area (TPSA) is 49.4 Å². The summed E-state index contributed by atoms with van der Waals surface area (Å²) in [4.78, 5) is 26.2. The van der Waals surface area contributed by atoms with Gasteiger partial charge in [-0.25, -0.2) is 9.18 Å². The Bertz CT molecular complexity index is 806. The van der Waals surface area contributed by atoms with Crippen molar-refractivity contribution in [2.24, 2.45) is 0 Å². The summed E-state index contributed by atoms with van der Waals surface area (Å²) < 4.78 is 13.1. The van der Waals surface area contributed by atoms with Crippen LogP contribution in [0.3, 0.4) is 0 Å². The monoisotopic (exact) mass is 366 g/mol. The van der Waals surface area contributed by atoms with Crippen molar-refractivity contribution in [3.63, 3.8) is 0 Å². The van der Waals surface area contributed by atoms with Gasteiger partial charge < -0.3 is 5.32 Å². The Balaban J connectivity index is 1.93. The van der Waals surface area contributed by atoms with Crippen molar-refractivity contribution in [2.45, 2.75) is 19.0 Å². The highest BCUT2D eigenvalue weighted by atomic mass is 35.5. The Kier molecular flexibility index (Phi) is 4.24. The summed E-state index contributed by atoms with van der Waals surface area (Å²) in [6.07, 6.45) is 0. The molecule has 124 valence electrons. The second-order valence-corrected chi connectivity index (χ2v) is 6.47. The third-order valence-corrected chi connectivity index (χ3v) is 4.78. The molecule has 0 aliphatic carbocycles. The van der Waals surface area contributed by atoms with Crippen molar-refractivity contribution >= 4 is 35.1 Å². The lowest BCUT2D eigenvalue weighted by atomic mass is 9.92. The molecule has 3 rings (SSSR count). The van der Waals surface area contributed by atoms with Gasteiger partial charge in [-0.05, 0) is 36.8 Å². The summed E-state index contributed by atoms with van der Waals surface area (Å²) >= 11 is 12.2. The van der Waals surface area contributed by atoms with E-state index in [2.05, 4.69) is 5.32 Å². The van der Waals surface area contributed by atoms with Crippen molar-refractivity contribution in [1.29, 1.82) is 0 Å². The van der Waals surface area contributed by atoms with Crippen LogP contribution < -0.4 is 5.32 Å². The van der Waals surface area contributed by atoms with Crippen molar-refractivity contribution in [2.75, 3.05) is 0 Å². The van der Waals surface area contributed by atoms with Crippen molar-refractivity contribution in [1.82, 2.24) is 10.2 Å². The molecule has 24 heavy (non-hydrogen) atoms. The SMILES string of the molecule is CC1(c2ccc(F)cc2)NC(=O)N(Cc2c(Cl)cccc2Cl)C1=O. The maximum Gasteiger partial charge on any atom is 0.325 e. The number of urea groups is 1. The van der Waals surface area contributed by atoms with Gasteiger partial charge in [0.1, 0.15) is 11.4 Å². The van der Waals surface area contributed by atoms with E-state index in [0.717, 1.165) is 4.90 Å². The second kappa shape index (κ2) is 6.07. The first-order valence-electron chi connectivity index (χ1n) is 7.16. The number of nitrogens with one attached hydrogen (secondary N) is 1. The fourth-order valence-corrected chi connectivity index (χ4v) is 3.18. The van der Waals surface area contributed by atoms with Crippen LogP contribution in [0.25, 0.3) is 0 Å². The molecule has 1 atom stereocenters. The molecule has 1 heterocycles. The Labute approximate surface area is 148 Å². The molecule has 0 bridgehead atoms. The van der Waals surface area contributed by atoms with Crippen molar-refractivity contribution in [3.05, 3.63) is 69.5 Å². The second-order valence-electron chi connectivity index (χ2n) is 5.65. The molecule has 1 unspecified atom stereocenters. The Morgan fingerprint density at radius 3 is 2.25 bits per heavy atom. The molecule has 7 heteroatoms. The van der Waals surface area contributed by atoms with Gasteiger partial charge in [-0.2, -0.15) is 0 Å². The fourth-order valence-electron chi connectivity index (χ4n) is 2.66. The average molecular weight is 367 g/mol. The van der Waals surface area contributed by atoms with Gasteiger partial charge >= 0.3 is 6.03 Å². The maximum absolute atomic E-state index is 13.1. The zero-order valence-corrected chi connectivity index (χ0v) is 14.2. The van der Waals surface area contributed by atoms with E-state index in [1.807, 2.05) is 0 Å². The van der Waals surface area contributed by atoms with E-state index >= 15 is 0 Å². The highest BCUT2D eigenvalue weighted by Gasteiger charge is 2.49. The van der Waals surface area contributed by atoms with Gasteiger partial charge in [0.2, 0.25) is 0 Å². The summed E-state index contributed by atoms with van der Waals surface area (Å²) in [5.74, 6) is -0.867. The Morgan fingerprint density at radius 2 is 1.67 bits per heavy atom. The average Bonchev–Trinajstić information content (AvgIpc) is 2.75. The number of rotatable bonds is 3. The van der Waals surface area contributed by atoms with Crippen LogP contribution in [0, 0.1) is 5.82 Å². The van der Waals surface area contributed by atoms with E-state index in [1.54, 1.807) is 25.1 Å². The minimum Gasteiger partial charge on any atom is -0.319 e. The van der Waals surface area contributed by atoms with Crippen LogP contribution in [-0.4, -0.2) is 16.8 Å². The Hall–Kier alpha value is -2.11. The summed E-state index contributed by atoms with van der Waals surface area (Å²) in [5.41, 5.74) is -0.277. The summed E-state index contributed by atoms with van der Waals surface area (Å²) in [6, 6.07) is 9.84. The van der Waals surface area contributed by atoms with Crippen LogP contribution in [0.15, 0.2) is 42.5 Å². The molecule has 2 aromatic rings. The first kappa shape index (κ1) is 16.7. The fraction of sp³-hybridized carbons (Fsp3) is 0.176. The lowest BCUT2D eigenvalue weighted by Gasteiger charge is -2.22. The molecule has 1 saturated heterocycles. The van der Waals surface area contributed by atoms with Crippen molar-refractivity contribution < 1.29 is 14.0 Å². The van der Waals surface area contributed by atoms with E-state index in [9.17, 15) is 14.0 Å². The molecule has 2 aromatic carbocycles. The minimum absolute atomic E-state index is 0.0417. The molecule has 1 fully saturated rings. The van der Waals surface area contributed by atoms with Gasteiger partial charge in [-0.3, -0.25) is 9.69 Å². The lowest BCUT2D eigenvalue weighted by Crippen LogP contribution is -2.40. The van der Waals surface area contributed by atoms with Crippen LogP contribution in [0.4, 0.5) is 9.18 Å². The number of carbonyl (C=O) groups is 2. The van der Waals surface area contributed by atoms with E-state index in [-0.39, 0.29) is 6.54 Å². The third-order valence-electron chi connectivity index (χ3n) is 4.07.